The van der Waals surface area contributed by atoms with Gasteiger partial charge in [-0.1, -0.05) is 17.7 Å². The second-order valence-electron chi connectivity index (χ2n) is 7.94. The van der Waals surface area contributed by atoms with E-state index in [0.29, 0.717) is 10.2 Å². The molecule has 0 heterocycles. The van der Waals surface area contributed by atoms with Gasteiger partial charge in [-0.2, -0.15) is 0 Å². The highest BCUT2D eigenvalue weighted by atomic mass is 79.9. The van der Waals surface area contributed by atoms with Crippen LogP contribution in [0.5, 0.6) is 5.75 Å². The number of amides is 1. The standard InChI is InChI=1S/C26H25BrN2O8S/c1-16-5-8-18(9-6-16)29(38(33,34)19-10-12-23(35-2)21(27)14-19)15-24(30)28-22-13-17(25(31)36-3)7-11-20(22)26(32)37-4/h5-14H,15H2,1-4H3,(H,28,30). The number of hydrogen-bond donors (Lipinski definition) is 1. The van der Waals surface area contributed by atoms with Gasteiger partial charge in [-0.05, 0) is 71.4 Å². The summed E-state index contributed by atoms with van der Waals surface area (Å²) in [5.74, 6) is -1.79. The molecule has 200 valence electrons. The zero-order valence-corrected chi connectivity index (χ0v) is 23.4. The minimum absolute atomic E-state index is 0.0302. The minimum atomic E-state index is -4.24. The van der Waals surface area contributed by atoms with Gasteiger partial charge in [0.05, 0.1) is 53.2 Å². The molecule has 0 saturated heterocycles. The molecule has 0 spiro atoms. The number of nitrogens with one attached hydrogen (secondary N) is 1. The van der Waals surface area contributed by atoms with Crippen LogP contribution in [0.2, 0.25) is 0 Å². The molecule has 10 nitrogen and oxygen atoms in total. The molecule has 3 aromatic carbocycles. The Balaban J connectivity index is 2.02. The van der Waals surface area contributed by atoms with Gasteiger partial charge in [0.2, 0.25) is 5.91 Å². The summed E-state index contributed by atoms with van der Waals surface area (Å²) in [5, 5.41) is 2.53. The van der Waals surface area contributed by atoms with Crippen LogP contribution in [0.3, 0.4) is 0 Å². The lowest BCUT2D eigenvalue weighted by atomic mass is 10.1. The number of rotatable bonds is 9. The van der Waals surface area contributed by atoms with E-state index in [1.165, 1.54) is 57.7 Å². The van der Waals surface area contributed by atoms with E-state index in [9.17, 15) is 22.8 Å². The molecular weight excluding hydrogens is 580 g/mol. The Hall–Kier alpha value is -3.90. The number of halogens is 1. The van der Waals surface area contributed by atoms with Gasteiger partial charge in [-0.25, -0.2) is 18.0 Å². The number of nitrogens with zero attached hydrogens (tertiary/aromatic N) is 1. The highest BCUT2D eigenvalue weighted by Crippen LogP contribution is 2.31. The first kappa shape index (κ1) is 28.7. The van der Waals surface area contributed by atoms with Crippen LogP contribution in [0.15, 0.2) is 70.0 Å². The first-order valence-corrected chi connectivity index (χ1v) is 13.3. The van der Waals surface area contributed by atoms with Gasteiger partial charge in [0.15, 0.2) is 0 Å². The number of aryl methyl sites for hydroxylation is 1. The summed E-state index contributed by atoms with van der Waals surface area (Å²) >= 11 is 3.29. The van der Waals surface area contributed by atoms with Gasteiger partial charge >= 0.3 is 11.9 Å². The number of hydrogen-bond acceptors (Lipinski definition) is 8. The fourth-order valence-corrected chi connectivity index (χ4v) is 5.60. The van der Waals surface area contributed by atoms with E-state index in [4.69, 9.17) is 14.2 Å². The Bertz CT molecular complexity index is 1470. The maximum absolute atomic E-state index is 13.7. The maximum Gasteiger partial charge on any atom is 0.339 e. The second kappa shape index (κ2) is 12.1. The third-order valence-corrected chi connectivity index (χ3v) is 7.83. The molecule has 1 N–H and O–H groups in total. The van der Waals surface area contributed by atoms with Crippen LogP contribution < -0.4 is 14.4 Å². The van der Waals surface area contributed by atoms with Crippen LogP contribution in [0.1, 0.15) is 26.3 Å². The molecule has 0 bridgehead atoms. The average Bonchev–Trinajstić information content (AvgIpc) is 2.91. The van der Waals surface area contributed by atoms with Crippen molar-refractivity contribution in [2.24, 2.45) is 0 Å². The highest BCUT2D eigenvalue weighted by Gasteiger charge is 2.29. The molecule has 0 atom stereocenters. The summed E-state index contributed by atoms with van der Waals surface area (Å²) in [4.78, 5) is 37.4. The van der Waals surface area contributed by atoms with E-state index >= 15 is 0 Å². The van der Waals surface area contributed by atoms with Crippen LogP contribution in [-0.2, 0) is 24.3 Å². The molecular formula is C26H25BrN2O8S. The lowest BCUT2D eigenvalue weighted by Gasteiger charge is -2.25. The summed E-state index contributed by atoms with van der Waals surface area (Å²) < 4.78 is 43.4. The predicted molar refractivity (Wildman–Crippen MR) is 144 cm³/mol. The molecule has 0 aromatic heterocycles. The maximum atomic E-state index is 13.7. The summed E-state index contributed by atoms with van der Waals surface area (Å²) in [5.41, 5.74) is 1.14. The summed E-state index contributed by atoms with van der Waals surface area (Å²) in [6, 6.07) is 14.7. The van der Waals surface area contributed by atoms with Crippen molar-refractivity contribution < 1.29 is 37.0 Å². The molecule has 1 amide bonds. The van der Waals surface area contributed by atoms with E-state index in [1.807, 2.05) is 6.92 Å². The molecule has 0 unspecified atom stereocenters. The van der Waals surface area contributed by atoms with Gasteiger partial charge in [0.1, 0.15) is 12.3 Å². The Kier molecular flexibility index (Phi) is 9.13. The largest absolute Gasteiger partial charge is 0.496 e. The number of anilines is 2. The first-order valence-electron chi connectivity index (χ1n) is 11.0. The molecule has 12 heteroatoms. The Labute approximate surface area is 228 Å². The van der Waals surface area contributed by atoms with Crippen molar-refractivity contribution in [3.63, 3.8) is 0 Å². The van der Waals surface area contributed by atoms with Crippen LogP contribution >= 0.6 is 15.9 Å². The highest BCUT2D eigenvalue weighted by molar-refractivity contribution is 9.10. The first-order chi connectivity index (χ1) is 18.0. The summed E-state index contributed by atoms with van der Waals surface area (Å²) in [6.45, 7) is 1.21. The number of carbonyl (C=O) groups excluding carboxylic acids is 3. The van der Waals surface area contributed by atoms with Crippen LogP contribution in [-0.4, -0.2) is 54.1 Å². The molecule has 0 aliphatic carbocycles. The normalized spacial score (nSPS) is 10.9. The Morgan fingerprint density at radius 3 is 2.13 bits per heavy atom. The molecule has 0 radical (unpaired) electrons. The van der Waals surface area contributed by atoms with Crippen molar-refractivity contribution in [3.05, 3.63) is 81.8 Å². The van der Waals surface area contributed by atoms with E-state index in [2.05, 4.69) is 21.2 Å². The molecule has 0 fully saturated rings. The number of carbonyl (C=O) groups is 3. The monoisotopic (exact) mass is 604 g/mol. The number of sulfonamides is 1. The van der Waals surface area contributed by atoms with Crippen molar-refractivity contribution in [3.8, 4) is 5.75 Å². The fraction of sp³-hybridized carbons (Fsp3) is 0.192. The van der Waals surface area contributed by atoms with Crippen molar-refractivity contribution >= 4 is 55.2 Å². The van der Waals surface area contributed by atoms with E-state index in [1.54, 1.807) is 24.3 Å². The van der Waals surface area contributed by atoms with Crippen molar-refractivity contribution in [2.75, 3.05) is 37.5 Å². The van der Waals surface area contributed by atoms with Crippen LogP contribution in [0, 0.1) is 6.92 Å². The van der Waals surface area contributed by atoms with Crippen LogP contribution in [0.4, 0.5) is 11.4 Å². The zero-order valence-electron chi connectivity index (χ0n) is 21.0. The predicted octanol–water partition coefficient (Wildman–Crippen LogP) is 4.17. The lowest BCUT2D eigenvalue weighted by Crippen LogP contribution is -2.38. The minimum Gasteiger partial charge on any atom is -0.496 e. The van der Waals surface area contributed by atoms with E-state index in [-0.39, 0.29) is 27.4 Å². The van der Waals surface area contributed by atoms with Crippen molar-refractivity contribution in [1.29, 1.82) is 0 Å². The number of esters is 2. The lowest BCUT2D eigenvalue weighted by molar-refractivity contribution is -0.114. The Morgan fingerprint density at radius 2 is 1.55 bits per heavy atom. The van der Waals surface area contributed by atoms with Gasteiger partial charge in [0.25, 0.3) is 10.0 Å². The molecule has 3 rings (SSSR count). The molecule has 0 aliphatic rings. The molecule has 0 aliphatic heterocycles. The number of benzene rings is 3. The van der Waals surface area contributed by atoms with E-state index in [0.717, 1.165) is 9.87 Å². The fourth-order valence-electron chi connectivity index (χ4n) is 3.46. The van der Waals surface area contributed by atoms with Crippen molar-refractivity contribution in [2.45, 2.75) is 11.8 Å². The molecule has 38 heavy (non-hydrogen) atoms. The zero-order chi connectivity index (χ0) is 28.0. The average molecular weight is 605 g/mol. The SMILES string of the molecule is COC(=O)c1ccc(C(=O)OC)c(NC(=O)CN(c2ccc(C)cc2)S(=O)(=O)c2ccc(OC)c(Br)c2)c1. The third-order valence-electron chi connectivity index (χ3n) is 5.44. The smallest absolute Gasteiger partial charge is 0.339 e. The number of ether oxygens (including phenoxy) is 3. The quantitative estimate of drug-likeness (QED) is 0.360. The summed E-state index contributed by atoms with van der Waals surface area (Å²) in [6.07, 6.45) is 0. The third kappa shape index (κ3) is 6.32. The Morgan fingerprint density at radius 1 is 0.895 bits per heavy atom. The van der Waals surface area contributed by atoms with Crippen molar-refractivity contribution in [1.82, 2.24) is 0 Å². The van der Waals surface area contributed by atoms with Gasteiger partial charge in [0, 0.05) is 0 Å². The van der Waals surface area contributed by atoms with E-state index < -0.39 is 34.4 Å². The second-order valence-corrected chi connectivity index (χ2v) is 10.7. The topological polar surface area (TPSA) is 128 Å². The molecule has 3 aromatic rings. The van der Waals surface area contributed by atoms with Gasteiger partial charge in [-0.15, -0.1) is 0 Å². The van der Waals surface area contributed by atoms with Gasteiger partial charge in [-0.3, -0.25) is 9.10 Å². The van der Waals surface area contributed by atoms with Crippen LogP contribution in [0.25, 0.3) is 0 Å². The van der Waals surface area contributed by atoms with Gasteiger partial charge < -0.3 is 19.5 Å². The number of methoxy groups -OCH3 is 3. The molecule has 0 saturated carbocycles. The summed E-state index contributed by atoms with van der Waals surface area (Å²) in [7, 11) is -0.425.